The van der Waals surface area contributed by atoms with Crippen molar-refractivity contribution < 1.29 is 9.72 Å². The smallest absolute Gasteiger partial charge is 0.272 e. The largest absolute Gasteiger partial charge is 0.296 e. The van der Waals surface area contributed by atoms with Crippen molar-refractivity contribution in [3.8, 4) is 0 Å². The third kappa shape index (κ3) is 4.28. The summed E-state index contributed by atoms with van der Waals surface area (Å²) in [7, 11) is 0. The number of benzene rings is 2. The number of amides is 1. The molecule has 0 saturated heterocycles. The van der Waals surface area contributed by atoms with Crippen LogP contribution in [0.2, 0.25) is 0 Å². The summed E-state index contributed by atoms with van der Waals surface area (Å²) in [5.41, 5.74) is 1.98. The molecule has 132 valence electrons. The standard InChI is InChI=1S/C18H16N4O3S/c1-12-11-14(8-9-15(12)22(24)25)17(23)19-18-21-20-16(26-18)10-7-13-5-3-2-4-6-13/h2-6,8-9,11H,7,10H2,1H3,(H,19,21,23). The number of nitro benzene ring substituents is 1. The Morgan fingerprint density at radius 2 is 1.92 bits per heavy atom. The molecule has 0 unspecified atom stereocenters. The first kappa shape index (κ1) is 17.7. The van der Waals surface area contributed by atoms with Gasteiger partial charge in [0.05, 0.1) is 4.92 Å². The zero-order valence-corrected chi connectivity index (χ0v) is 14.8. The molecule has 0 bridgehead atoms. The third-order valence-electron chi connectivity index (χ3n) is 3.81. The van der Waals surface area contributed by atoms with Gasteiger partial charge in [0, 0.05) is 23.6 Å². The Balaban J connectivity index is 1.62. The number of hydrogen-bond acceptors (Lipinski definition) is 6. The summed E-state index contributed by atoms with van der Waals surface area (Å²) in [6.07, 6.45) is 1.60. The van der Waals surface area contributed by atoms with E-state index in [4.69, 9.17) is 0 Å². The molecule has 1 heterocycles. The van der Waals surface area contributed by atoms with Gasteiger partial charge in [-0.2, -0.15) is 0 Å². The molecular weight excluding hydrogens is 352 g/mol. The van der Waals surface area contributed by atoms with Gasteiger partial charge in [-0.25, -0.2) is 0 Å². The molecule has 1 amide bonds. The predicted molar refractivity (Wildman–Crippen MR) is 99.5 cm³/mol. The summed E-state index contributed by atoms with van der Waals surface area (Å²) in [6, 6.07) is 14.3. The number of nitrogens with zero attached hydrogens (tertiary/aromatic N) is 3. The second-order valence-electron chi connectivity index (χ2n) is 5.70. The van der Waals surface area contributed by atoms with Crippen molar-refractivity contribution in [2.45, 2.75) is 19.8 Å². The highest BCUT2D eigenvalue weighted by molar-refractivity contribution is 7.15. The van der Waals surface area contributed by atoms with Gasteiger partial charge in [0.1, 0.15) is 5.01 Å². The van der Waals surface area contributed by atoms with E-state index in [1.807, 2.05) is 18.2 Å². The molecule has 0 aliphatic heterocycles. The molecule has 7 nitrogen and oxygen atoms in total. The molecule has 8 heteroatoms. The molecule has 0 radical (unpaired) electrons. The van der Waals surface area contributed by atoms with Crippen LogP contribution in [0.3, 0.4) is 0 Å². The number of nitro groups is 1. The first-order valence-corrected chi connectivity index (χ1v) is 8.77. The predicted octanol–water partition coefficient (Wildman–Crippen LogP) is 3.79. The molecule has 1 aromatic heterocycles. The molecule has 0 aliphatic carbocycles. The highest BCUT2D eigenvalue weighted by Gasteiger charge is 2.15. The zero-order valence-electron chi connectivity index (χ0n) is 14.0. The molecule has 0 aliphatic rings. The van der Waals surface area contributed by atoms with E-state index in [1.54, 1.807) is 6.92 Å². The molecule has 0 atom stereocenters. The fourth-order valence-electron chi connectivity index (χ4n) is 2.47. The maximum absolute atomic E-state index is 12.3. The number of nitrogens with one attached hydrogen (secondary N) is 1. The van der Waals surface area contributed by atoms with Gasteiger partial charge in [-0.05, 0) is 31.0 Å². The van der Waals surface area contributed by atoms with E-state index in [0.717, 1.165) is 17.8 Å². The molecule has 0 fully saturated rings. The summed E-state index contributed by atoms with van der Waals surface area (Å²) in [5, 5.41) is 22.9. The number of carbonyl (C=O) groups is 1. The lowest BCUT2D eigenvalue weighted by atomic mass is 10.1. The van der Waals surface area contributed by atoms with Gasteiger partial charge in [-0.1, -0.05) is 41.7 Å². The number of anilines is 1. The maximum Gasteiger partial charge on any atom is 0.272 e. The van der Waals surface area contributed by atoms with Crippen LogP contribution in [0.15, 0.2) is 48.5 Å². The summed E-state index contributed by atoms with van der Waals surface area (Å²) < 4.78 is 0. The fourth-order valence-corrected chi connectivity index (χ4v) is 3.21. The van der Waals surface area contributed by atoms with E-state index >= 15 is 0 Å². The number of aryl methyl sites for hydroxylation is 3. The van der Waals surface area contributed by atoms with Gasteiger partial charge in [0.2, 0.25) is 5.13 Å². The van der Waals surface area contributed by atoms with Crippen LogP contribution in [0.5, 0.6) is 0 Å². The lowest BCUT2D eigenvalue weighted by Crippen LogP contribution is -2.12. The van der Waals surface area contributed by atoms with Crippen molar-refractivity contribution in [1.82, 2.24) is 10.2 Å². The van der Waals surface area contributed by atoms with E-state index in [1.165, 1.54) is 35.1 Å². The Labute approximate surface area is 153 Å². The van der Waals surface area contributed by atoms with Gasteiger partial charge in [-0.15, -0.1) is 10.2 Å². The lowest BCUT2D eigenvalue weighted by molar-refractivity contribution is -0.385. The average molecular weight is 368 g/mol. The van der Waals surface area contributed by atoms with Crippen LogP contribution in [0, 0.1) is 17.0 Å². The summed E-state index contributed by atoms with van der Waals surface area (Å²) in [4.78, 5) is 22.7. The van der Waals surface area contributed by atoms with Crippen molar-refractivity contribution in [2.75, 3.05) is 5.32 Å². The fraction of sp³-hybridized carbons (Fsp3) is 0.167. The van der Waals surface area contributed by atoms with Gasteiger partial charge in [0.25, 0.3) is 11.6 Å². The molecule has 26 heavy (non-hydrogen) atoms. The number of hydrogen-bond donors (Lipinski definition) is 1. The molecule has 0 spiro atoms. The molecular formula is C18H16N4O3S. The van der Waals surface area contributed by atoms with Crippen molar-refractivity contribution in [2.24, 2.45) is 0 Å². The van der Waals surface area contributed by atoms with E-state index in [0.29, 0.717) is 16.3 Å². The van der Waals surface area contributed by atoms with Crippen LogP contribution in [0.25, 0.3) is 0 Å². The molecule has 3 rings (SSSR count). The van der Waals surface area contributed by atoms with Crippen LogP contribution in [-0.2, 0) is 12.8 Å². The number of carbonyl (C=O) groups excluding carboxylic acids is 1. The molecule has 0 saturated carbocycles. The first-order valence-electron chi connectivity index (χ1n) is 7.95. The van der Waals surface area contributed by atoms with Crippen molar-refractivity contribution >= 4 is 28.1 Å². The summed E-state index contributed by atoms with van der Waals surface area (Å²) in [6.45, 7) is 1.60. The minimum atomic E-state index is -0.471. The summed E-state index contributed by atoms with van der Waals surface area (Å²) >= 11 is 1.32. The average Bonchev–Trinajstić information content (AvgIpc) is 3.08. The van der Waals surface area contributed by atoms with Crippen LogP contribution >= 0.6 is 11.3 Å². The topological polar surface area (TPSA) is 98.0 Å². The van der Waals surface area contributed by atoms with Crippen LogP contribution in [0.4, 0.5) is 10.8 Å². The number of rotatable bonds is 6. The van der Waals surface area contributed by atoms with Crippen molar-refractivity contribution in [3.05, 3.63) is 80.3 Å². The maximum atomic E-state index is 12.3. The van der Waals surface area contributed by atoms with Gasteiger partial charge < -0.3 is 0 Å². The van der Waals surface area contributed by atoms with E-state index < -0.39 is 4.92 Å². The Bertz CT molecular complexity index is 941. The SMILES string of the molecule is Cc1cc(C(=O)Nc2nnc(CCc3ccccc3)s2)ccc1[N+](=O)[O-]. The minimum Gasteiger partial charge on any atom is -0.296 e. The quantitative estimate of drug-likeness (QED) is 0.527. The van der Waals surface area contributed by atoms with Crippen LogP contribution in [0.1, 0.15) is 26.5 Å². The minimum absolute atomic E-state index is 0.0133. The zero-order chi connectivity index (χ0) is 18.5. The van der Waals surface area contributed by atoms with Gasteiger partial charge in [0.15, 0.2) is 0 Å². The molecule has 1 N–H and O–H groups in total. The lowest BCUT2D eigenvalue weighted by Gasteiger charge is -2.03. The van der Waals surface area contributed by atoms with E-state index in [9.17, 15) is 14.9 Å². The van der Waals surface area contributed by atoms with Crippen molar-refractivity contribution in [3.63, 3.8) is 0 Å². The highest BCUT2D eigenvalue weighted by atomic mass is 32.1. The second-order valence-corrected chi connectivity index (χ2v) is 6.76. The van der Waals surface area contributed by atoms with E-state index in [2.05, 4.69) is 27.6 Å². The van der Waals surface area contributed by atoms with E-state index in [-0.39, 0.29) is 11.6 Å². The Morgan fingerprint density at radius 1 is 1.15 bits per heavy atom. The first-order chi connectivity index (χ1) is 12.5. The molecule has 2 aromatic carbocycles. The summed E-state index contributed by atoms with van der Waals surface area (Å²) in [5.74, 6) is -0.367. The third-order valence-corrected chi connectivity index (χ3v) is 4.71. The number of aromatic nitrogens is 2. The Kier molecular flexibility index (Phi) is 5.33. The van der Waals surface area contributed by atoms with Gasteiger partial charge in [-0.3, -0.25) is 20.2 Å². The Morgan fingerprint density at radius 3 is 2.62 bits per heavy atom. The molecule has 3 aromatic rings. The van der Waals surface area contributed by atoms with Gasteiger partial charge >= 0.3 is 0 Å². The monoisotopic (exact) mass is 368 g/mol. The normalized spacial score (nSPS) is 10.5. The van der Waals surface area contributed by atoms with Crippen molar-refractivity contribution in [1.29, 1.82) is 0 Å². The Hall–Kier alpha value is -3.13. The van der Waals surface area contributed by atoms with Crippen LogP contribution < -0.4 is 5.32 Å². The highest BCUT2D eigenvalue weighted by Crippen LogP contribution is 2.21. The second kappa shape index (κ2) is 7.83. The van der Waals surface area contributed by atoms with Crippen LogP contribution in [-0.4, -0.2) is 21.0 Å².